The fourth-order valence-corrected chi connectivity index (χ4v) is 1.95. The molecular weight excluding hydrogens is 254 g/mol. The molecule has 5 nitrogen and oxygen atoms in total. The first kappa shape index (κ1) is 12.3. The predicted octanol–water partition coefficient (Wildman–Crippen LogP) is 2.74. The van der Waals surface area contributed by atoms with Crippen LogP contribution in [0, 0.1) is 6.92 Å². The van der Waals surface area contributed by atoms with E-state index in [-0.39, 0.29) is 5.75 Å². The highest BCUT2D eigenvalue weighted by atomic mass is 16.5. The van der Waals surface area contributed by atoms with Crippen molar-refractivity contribution >= 4 is 0 Å². The van der Waals surface area contributed by atoms with Crippen molar-refractivity contribution in [2.75, 3.05) is 0 Å². The molecule has 0 fully saturated rings. The molecule has 0 saturated carbocycles. The Balaban J connectivity index is 1.89. The molecule has 0 spiro atoms. The van der Waals surface area contributed by atoms with Gasteiger partial charge in [0.1, 0.15) is 5.75 Å². The number of benzene rings is 1. The number of aromatic nitrogens is 3. The largest absolute Gasteiger partial charge is 0.507 e. The van der Waals surface area contributed by atoms with Crippen LogP contribution >= 0.6 is 0 Å². The number of pyridine rings is 1. The normalized spacial score (nSPS) is 10.7. The summed E-state index contributed by atoms with van der Waals surface area (Å²) in [5, 5.41) is 14.0. The Morgan fingerprint density at radius 2 is 1.95 bits per heavy atom. The van der Waals surface area contributed by atoms with E-state index in [2.05, 4.69) is 15.1 Å². The molecule has 1 N–H and O–H groups in total. The van der Waals surface area contributed by atoms with Crippen LogP contribution in [-0.2, 0) is 6.42 Å². The number of rotatable bonds is 3. The van der Waals surface area contributed by atoms with E-state index in [4.69, 9.17) is 4.52 Å². The van der Waals surface area contributed by atoms with Gasteiger partial charge in [-0.25, -0.2) is 0 Å². The lowest BCUT2D eigenvalue weighted by Crippen LogP contribution is -1.91. The van der Waals surface area contributed by atoms with Gasteiger partial charge in [0.25, 0.3) is 5.89 Å². The molecule has 0 unspecified atom stereocenters. The third-order valence-electron chi connectivity index (χ3n) is 3.05. The summed E-state index contributed by atoms with van der Waals surface area (Å²) in [6, 6.07) is 9.23. The monoisotopic (exact) mass is 267 g/mol. The summed E-state index contributed by atoms with van der Waals surface area (Å²) < 4.78 is 5.22. The van der Waals surface area contributed by atoms with Gasteiger partial charge in [0.05, 0.1) is 5.56 Å². The van der Waals surface area contributed by atoms with Crippen molar-refractivity contribution < 1.29 is 9.63 Å². The SMILES string of the molecule is Cc1cccc(-c2nc(Cc3ccncc3)no2)c1O. The van der Waals surface area contributed by atoms with Crippen molar-refractivity contribution in [1.82, 2.24) is 15.1 Å². The molecule has 0 bridgehead atoms. The van der Waals surface area contributed by atoms with Crippen LogP contribution in [0.1, 0.15) is 17.0 Å². The second-order valence-electron chi connectivity index (χ2n) is 4.52. The average molecular weight is 267 g/mol. The molecule has 0 amide bonds. The molecule has 20 heavy (non-hydrogen) atoms. The summed E-state index contributed by atoms with van der Waals surface area (Å²) in [5.74, 6) is 1.08. The molecule has 0 radical (unpaired) electrons. The molecule has 3 aromatic rings. The molecule has 0 saturated heterocycles. The van der Waals surface area contributed by atoms with Crippen LogP contribution in [0.15, 0.2) is 47.2 Å². The molecule has 0 aliphatic heterocycles. The summed E-state index contributed by atoms with van der Waals surface area (Å²) in [4.78, 5) is 8.28. The van der Waals surface area contributed by atoms with Gasteiger partial charge in [0, 0.05) is 18.8 Å². The standard InChI is InChI=1S/C15H13N3O2/c1-10-3-2-4-12(14(10)19)15-17-13(18-20-15)9-11-5-7-16-8-6-11/h2-8,19H,9H2,1H3. The van der Waals surface area contributed by atoms with Crippen molar-refractivity contribution in [2.24, 2.45) is 0 Å². The second kappa shape index (κ2) is 5.13. The third kappa shape index (κ3) is 2.38. The van der Waals surface area contributed by atoms with Crippen molar-refractivity contribution in [2.45, 2.75) is 13.3 Å². The number of aryl methyl sites for hydroxylation is 1. The van der Waals surface area contributed by atoms with Crippen molar-refractivity contribution in [1.29, 1.82) is 0 Å². The maximum absolute atomic E-state index is 10.0. The van der Waals surface area contributed by atoms with Gasteiger partial charge in [-0.1, -0.05) is 17.3 Å². The van der Waals surface area contributed by atoms with Gasteiger partial charge in [0.2, 0.25) is 0 Å². The predicted molar refractivity (Wildman–Crippen MR) is 73.2 cm³/mol. The number of aromatic hydroxyl groups is 1. The topological polar surface area (TPSA) is 72.0 Å². The first-order valence-electron chi connectivity index (χ1n) is 6.24. The number of para-hydroxylation sites is 1. The summed E-state index contributed by atoms with van der Waals surface area (Å²) in [6.45, 7) is 1.83. The van der Waals surface area contributed by atoms with E-state index in [1.807, 2.05) is 31.2 Å². The van der Waals surface area contributed by atoms with Crippen molar-refractivity contribution in [3.63, 3.8) is 0 Å². The zero-order chi connectivity index (χ0) is 13.9. The summed E-state index contributed by atoms with van der Waals surface area (Å²) in [7, 11) is 0. The van der Waals surface area contributed by atoms with Crippen molar-refractivity contribution in [3.8, 4) is 17.2 Å². The number of nitrogens with zero attached hydrogens (tertiary/aromatic N) is 3. The Labute approximate surface area is 115 Å². The summed E-state index contributed by atoms with van der Waals surface area (Å²) in [5.41, 5.74) is 2.38. The second-order valence-corrected chi connectivity index (χ2v) is 4.52. The molecule has 3 rings (SSSR count). The maximum atomic E-state index is 10.0. The Morgan fingerprint density at radius 3 is 2.75 bits per heavy atom. The molecule has 0 aliphatic rings. The first-order valence-corrected chi connectivity index (χ1v) is 6.24. The first-order chi connectivity index (χ1) is 9.74. The highest BCUT2D eigenvalue weighted by Crippen LogP contribution is 2.30. The van der Waals surface area contributed by atoms with Crippen molar-refractivity contribution in [3.05, 3.63) is 59.7 Å². The van der Waals surface area contributed by atoms with E-state index in [1.54, 1.807) is 18.5 Å². The highest BCUT2D eigenvalue weighted by molar-refractivity contribution is 5.64. The highest BCUT2D eigenvalue weighted by Gasteiger charge is 2.14. The van der Waals surface area contributed by atoms with Crippen LogP contribution in [0.3, 0.4) is 0 Å². The van der Waals surface area contributed by atoms with E-state index < -0.39 is 0 Å². The summed E-state index contributed by atoms with van der Waals surface area (Å²) in [6.07, 6.45) is 4.02. The minimum atomic E-state index is 0.173. The lowest BCUT2D eigenvalue weighted by molar-refractivity contribution is 0.418. The minimum absolute atomic E-state index is 0.173. The Morgan fingerprint density at radius 1 is 1.15 bits per heavy atom. The van der Waals surface area contributed by atoms with Gasteiger partial charge in [-0.2, -0.15) is 4.98 Å². The van der Waals surface area contributed by atoms with Gasteiger partial charge < -0.3 is 9.63 Å². The van der Waals surface area contributed by atoms with E-state index >= 15 is 0 Å². The number of hydrogen-bond acceptors (Lipinski definition) is 5. The third-order valence-corrected chi connectivity index (χ3v) is 3.05. The molecule has 2 heterocycles. The number of phenols is 1. The van der Waals surface area contributed by atoms with Crippen LogP contribution < -0.4 is 0 Å². The lowest BCUT2D eigenvalue weighted by Gasteiger charge is -2.01. The Hall–Kier alpha value is -2.69. The molecule has 2 aromatic heterocycles. The molecule has 100 valence electrons. The Bertz CT molecular complexity index is 723. The molecule has 0 aliphatic carbocycles. The smallest absolute Gasteiger partial charge is 0.261 e. The number of hydrogen-bond donors (Lipinski definition) is 1. The van der Waals surface area contributed by atoms with Crippen LogP contribution in [-0.4, -0.2) is 20.2 Å². The number of phenolic OH excluding ortho intramolecular Hbond substituents is 1. The molecular formula is C15H13N3O2. The quantitative estimate of drug-likeness (QED) is 0.790. The van der Waals surface area contributed by atoms with E-state index in [9.17, 15) is 5.11 Å². The Kier molecular flexibility index (Phi) is 3.16. The van der Waals surface area contributed by atoms with Gasteiger partial charge in [-0.3, -0.25) is 4.98 Å². The molecule has 0 atom stereocenters. The van der Waals surface area contributed by atoms with Gasteiger partial charge in [0.15, 0.2) is 5.82 Å². The van der Waals surface area contributed by atoms with Crippen LogP contribution in [0.5, 0.6) is 5.75 Å². The van der Waals surface area contributed by atoms with Gasteiger partial charge >= 0.3 is 0 Å². The van der Waals surface area contributed by atoms with E-state index in [0.29, 0.717) is 23.7 Å². The maximum Gasteiger partial charge on any atom is 0.261 e. The molecule has 1 aromatic carbocycles. The van der Waals surface area contributed by atoms with Gasteiger partial charge in [-0.15, -0.1) is 0 Å². The summed E-state index contributed by atoms with van der Waals surface area (Å²) >= 11 is 0. The minimum Gasteiger partial charge on any atom is -0.507 e. The fraction of sp³-hybridized carbons (Fsp3) is 0.133. The lowest BCUT2D eigenvalue weighted by atomic mass is 10.1. The van der Waals surface area contributed by atoms with Gasteiger partial charge in [-0.05, 0) is 36.2 Å². The van der Waals surface area contributed by atoms with E-state index in [0.717, 1.165) is 11.1 Å². The zero-order valence-electron chi connectivity index (χ0n) is 10.9. The average Bonchev–Trinajstić information content (AvgIpc) is 2.91. The van der Waals surface area contributed by atoms with Crippen LogP contribution in [0.25, 0.3) is 11.5 Å². The van der Waals surface area contributed by atoms with E-state index in [1.165, 1.54) is 0 Å². The van der Waals surface area contributed by atoms with Crippen LogP contribution in [0.4, 0.5) is 0 Å². The zero-order valence-corrected chi connectivity index (χ0v) is 10.9. The fourth-order valence-electron chi connectivity index (χ4n) is 1.95. The van der Waals surface area contributed by atoms with Crippen LogP contribution in [0.2, 0.25) is 0 Å². The molecule has 5 heteroatoms.